The van der Waals surface area contributed by atoms with Crippen LogP contribution < -0.4 is 10.2 Å². The molecule has 0 radical (unpaired) electrons. The van der Waals surface area contributed by atoms with Crippen molar-refractivity contribution in [3.05, 3.63) is 76.4 Å². The number of rotatable bonds is 5. The zero-order chi connectivity index (χ0) is 28.1. The molecule has 3 aliphatic rings. The van der Waals surface area contributed by atoms with Gasteiger partial charge in [0.1, 0.15) is 16.5 Å². The third-order valence-electron chi connectivity index (χ3n) is 8.46. The van der Waals surface area contributed by atoms with Gasteiger partial charge in [-0.25, -0.2) is 9.97 Å². The molecule has 210 valence electrons. The van der Waals surface area contributed by atoms with Gasteiger partial charge in [-0.1, -0.05) is 48.5 Å². The quantitative estimate of drug-likeness (QED) is 0.263. The molecule has 41 heavy (non-hydrogen) atoms. The van der Waals surface area contributed by atoms with E-state index in [9.17, 15) is 9.59 Å². The van der Waals surface area contributed by atoms with Crippen LogP contribution in [-0.2, 0) is 22.7 Å². The maximum atomic E-state index is 12.5. The Kier molecular flexibility index (Phi) is 7.02. The van der Waals surface area contributed by atoms with Crippen molar-refractivity contribution in [2.45, 2.75) is 44.3 Å². The van der Waals surface area contributed by atoms with Gasteiger partial charge in [0.2, 0.25) is 11.8 Å². The minimum Gasteiger partial charge on any atom is -0.353 e. The summed E-state index contributed by atoms with van der Waals surface area (Å²) < 4.78 is 0. The maximum absolute atomic E-state index is 12.5. The fourth-order valence-corrected chi connectivity index (χ4v) is 7.80. The monoisotopic (exact) mass is 584 g/mol. The van der Waals surface area contributed by atoms with E-state index in [0.717, 1.165) is 54.6 Å². The predicted molar refractivity (Wildman–Crippen MR) is 165 cm³/mol. The molecule has 0 aliphatic carbocycles. The van der Waals surface area contributed by atoms with E-state index < -0.39 is 0 Å². The van der Waals surface area contributed by atoms with Gasteiger partial charge in [-0.3, -0.25) is 24.7 Å². The zero-order valence-electron chi connectivity index (χ0n) is 22.9. The SMILES string of the molecule is Cc1nc(N2CCN(Cc3ccc4c(c3)C(S)N(C3CCC(=O)NC3=O)C4)CC2)c2c(-c3ccccc3)csc2n1. The van der Waals surface area contributed by atoms with Crippen molar-refractivity contribution >= 4 is 51.8 Å². The minimum atomic E-state index is -0.318. The van der Waals surface area contributed by atoms with Crippen molar-refractivity contribution in [3.63, 3.8) is 0 Å². The summed E-state index contributed by atoms with van der Waals surface area (Å²) in [7, 11) is 0. The Bertz CT molecular complexity index is 1630. The number of hydrogen-bond donors (Lipinski definition) is 2. The number of anilines is 1. The molecule has 3 aliphatic heterocycles. The average Bonchev–Trinajstić information content (AvgIpc) is 3.54. The van der Waals surface area contributed by atoms with Crippen LogP contribution in [0.5, 0.6) is 0 Å². The summed E-state index contributed by atoms with van der Waals surface area (Å²) in [6.07, 6.45) is 0.921. The van der Waals surface area contributed by atoms with E-state index in [2.05, 4.69) is 67.9 Å². The van der Waals surface area contributed by atoms with Crippen LogP contribution >= 0.6 is 24.0 Å². The van der Waals surface area contributed by atoms with Crippen molar-refractivity contribution in [3.8, 4) is 11.1 Å². The highest BCUT2D eigenvalue weighted by Crippen LogP contribution is 2.40. The number of thiophene rings is 1. The van der Waals surface area contributed by atoms with E-state index in [1.54, 1.807) is 11.3 Å². The van der Waals surface area contributed by atoms with Crippen LogP contribution in [0.2, 0.25) is 0 Å². The average molecular weight is 585 g/mol. The number of piperidine rings is 1. The van der Waals surface area contributed by atoms with Gasteiger partial charge in [-0.15, -0.1) is 11.3 Å². The molecule has 1 N–H and O–H groups in total. The third kappa shape index (κ3) is 5.03. The smallest absolute Gasteiger partial charge is 0.243 e. The second-order valence-corrected chi connectivity index (χ2v) is 12.4. The highest BCUT2D eigenvalue weighted by Gasteiger charge is 2.39. The Hall–Kier alpha value is -3.31. The van der Waals surface area contributed by atoms with E-state index in [1.807, 2.05) is 13.0 Å². The fourth-order valence-electron chi connectivity index (χ4n) is 6.33. The summed E-state index contributed by atoms with van der Waals surface area (Å²) in [6.45, 7) is 7.21. The second kappa shape index (κ2) is 10.8. The number of aromatic nitrogens is 2. The highest BCUT2D eigenvalue weighted by molar-refractivity contribution is 7.80. The topological polar surface area (TPSA) is 81.7 Å². The van der Waals surface area contributed by atoms with Crippen LogP contribution in [0.4, 0.5) is 5.82 Å². The van der Waals surface area contributed by atoms with E-state index in [0.29, 0.717) is 19.4 Å². The highest BCUT2D eigenvalue weighted by atomic mass is 32.1. The molecule has 0 saturated carbocycles. The Morgan fingerprint density at radius 2 is 1.85 bits per heavy atom. The number of fused-ring (bicyclic) bond motifs is 2. The summed E-state index contributed by atoms with van der Waals surface area (Å²) in [6, 6.07) is 16.8. The molecule has 2 aromatic heterocycles. The molecule has 5 heterocycles. The van der Waals surface area contributed by atoms with Crippen LogP contribution in [0.1, 0.15) is 40.7 Å². The van der Waals surface area contributed by atoms with E-state index in [1.165, 1.54) is 27.8 Å². The summed E-state index contributed by atoms with van der Waals surface area (Å²) in [4.78, 5) is 41.9. The van der Waals surface area contributed by atoms with Gasteiger partial charge in [-0.2, -0.15) is 12.6 Å². The van der Waals surface area contributed by atoms with Gasteiger partial charge in [0.05, 0.1) is 16.8 Å². The number of aryl methyl sites for hydroxylation is 1. The molecule has 0 bridgehead atoms. The maximum Gasteiger partial charge on any atom is 0.243 e. The second-order valence-electron chi connectivity index (χ2n) is 11.1. The molecule has 2 amide bonds. The number of imide groups is 1. The minimum absolute atomic E-state index is 0.154. The first kappa shape index (κ1) is 26.6. The molecule has 7 rings (SSSR count). The van der Waals surface area contributed by atoms with Crippen molar-refractivity contribution in [2.24, 2.45) is 0 Å². The first-order valence-corrected chi connectivity index (χ1v) is 15.5. The summed E-state index contributed by atoms with van der Waals surface area (Å²) >= 11 is 6.59. The Labute approximate surface area is 248 Å². The fraction of sp³-hybridized carbons (Fsp3) is 0.355. The lowest BCUT2D eigenvalue weighted by atomic mass is 10.0. The van der Waals surface area contributed by atoms with Gasteiger partial charge in [0.25, 0.3) is 0 Å². The van der Waals surface area contributed by atoms with Crippen LogP contribution in [0.15, 0.2) is 53.9 Å². The molecule has 10 heteroatoms. The van der Waals surface area contributed by atoms with Crippen LogP contribution in [0, 0.1) is 6.92 Å². The van der Waals surface area contributed by atoms with Gasteiger partial charge < -0.3 is 4.90 Å². The molecule has 0 spiro atoms. The zero-order valence-corrected chi connectivity index (χ0v) is 24.6. The normalized spacial score (nSPS) is 21.9. The van der Waals surface area contributed by atoms with Crippen molar-refractivity contribution in [1.29, 1.82) is 0 Å². The molecule has 2 unspecified atom stereocenters. The molecular weight excluding hydrogens is 553 g/mol. The number of carbonyl (C=O) groups is 2. The number of nitrogens with one attached hydrogen (secondary N) is 1. The third-order valence-corrected chi connectivity index (χ3v) is 9.90. The molecule has 2 fully saturated rings. The molecule has 2 saturated heterocycles. The Balaban J connectivity index is 1.05. The van der Waals surface area contributed by atoms with Crippen LogP contribution in [-0.4, -0.2) is 63.8 Å². The van der Waals surface area contributed by atoms with Gasteiger partial charge in [0.15, 0.2) is 0 Å². The van der Waals surface area contributed by atoms with E-state index >= 15 is 0 Å². The van der Waals surface area contributed by atoms with Gasteiger partial charge in [-0.05, 0) is 35.6 Å². The molecule has 2 atom stereocenters. The summed E-state index contributed by atoms with van der Waals surface area (Å²) in [5.74, 6) is 1.45. The Morgan fingerprint density at radius 3 is 2.63 bits per heavy atom. The Morgan fingerprint density at radius 1 is 1.05 bits per heavy atom. The standard InChI is InChI=1S/C31H32N6O2S2/c1-19-32-28(27-24(18-41-30(27)33-19)21-5-3-2-4-6-21)36-13-11-35(12-14-36)16-20-7-8-22-17-37(31(40)23(22)15-20)25-9-10-26(38)34-29(25)39/h2-8,15,18,25,31,40H,9-14,16-17H2,1H3,(H,34,38,39). The van der Waals surface area contributed by atoms with Crippen molar-refractivity contribution < 1.29 is 9.59 Å². The number of thiol groups is 1. The summed E-state index contributed by atoms with van der Waals surface area (Å²) in [5, 5.41) is 5.69. The first-order chi connectivity index (χ1) is 19.9. The van der Waals surface area contributed by atoms with Crippen molar-refractivity contribution in [2.75, 3.05) is 31.1 Å². The lowest BCUT2D eigenvalue weighted by molar-refractivity contribution is -0.137. The number of nitrogens with zero attached hydrogens (tertiary/aromatic N) is 5. The number of hydrogen-bond acceptors (Lipinski definition) is 9. The van der Waals surface area contributed by atoms with Crippen LogP contribution in [0.25, 0.3) is 21.3 Å². The largest absolute Gasteiger partial charge is 0.353 e. The van der Waals surface area contributed by atoms with Gasteiger partial charge >= 0.3 is 0 Å². The number of amides is 2. The predicted octanol–water partition coefficient (Wildman–Crippen LogP) is 4.54. The first-order valence-electron chi connectivity index (χ1n) is 14.1. The van der Waals surface area contributed by atoms with Crippen LogP contribution in [0.3, 0.4) is 0 Å². The number of piperazine rings is 1. The molecule has 8 nitrogen and oxygen atoms in total. The number of carbonyl (C=O) groups excluding carboxylic acids is 2. The molecule has 4 aromatic rings. The van der Waals surface area contributed by atoms with Crippen molar-refractivity contribution in [1.82, 2.24) is 25.1 Å². The molecule has 2 aromatic carbocycles. The number of benzene rings is 2. The van der Waals surface area contributed by atoms with E-state index in [-0.39, 0.29) is 23.2 Å². The lowest BCUT2D eigenvalue weighted by Gasteiger charge is -2.36. The van der Waals surface area contributed by atoms with E-state index in [4.69, 9.17) is 22.6 Å². The molecular formula is C31H32N6O2S2. The summed E-state index contributed by atoms with van der Waals surface area (Å²) in [5.41, 5.74) is 6.02. The lowest BCUT2D eigenvalue weighted by Crippen LogP contribution is -2.51. The van der Waals surface area contributed by atoms with Gasteiger partial charge in [0, 0.05) is 56.6 Å².